The molecule has 1 aromatic heterocycles. The minimum absolute atomic E-state index is 0.0250. The van der Waals surface area contributed by atoms with Gasteiger partial charge in [-0.15, -0.1) is 0 Å². The second-order valence-electron chi connectivity index (χ2n) is 8.04. The lowest BCUT2D eigenvalue weighted by Gasteiger charge is -2.13. The summed E-state index contributed by atoms with van der Waals surface area (Å²) in [5, 5.41) is 14.2. The molecule has 1 amide bonds. The molecule has 1 fully saturated rings. The first kappa shape index (κ1) is 25.9. The lowest BCUT2D eigenvalue weighted by atomic mass is 10.1. The number of ether oxygens (including phenoxy) is 1. The Labute approximate surface area is 223 Å². The lowest BCUT2D eigenvalue weighted by Crippen LogP contribution is -2.29. The van der Waals surface area contributed by atoms with Gasteiger partial charge in [-0.05, 0) is 49.2 Å². The molecule has 7 nitrogen and oxygen atoms in total. The van der Waals surface area contributed by atoms with Gasteiger partial charge in [0.25, 0.3) is 5.91 Å². The molecule has 4 rings (SSSR count). The van der Waals surface area contributed by atoms with Crippen molar-refractivity contribution in [3.05, 3.63) is 70.2 Å². The maximum Gasteiger partial charge on any atom is 0.303 e. The first-order chi connectivity index (χ1) is 17.4. The predicted octanol–water partition coefficient (Wildman–Crippen LogP) is 6.05. The second-order valence-corrected chi connectivity index (χ2v) is 10.1. The Bertz CT molecular complexity index is 1320. The molecule has 1 N–H and O–H groups in total. The Morgan fingerprint density at radius 1 is 1.25 bits per heavy atom. The molecule has 0 spiro atoms. The highest BCUT2D eigenvalue weighted by atomic mass is 35.5. The van der Waals surface area contributed by atoms with Crippen LogP contribution in [0.15, 0.2) is 59.6 Å². The number of hydrogen-bond acceptors (Lipinski definition) is 6. The average molecular weight is 542 g/mol. The Hall–Kier alpha value is -3.14. The van der Waals surface area contributed by atoms with Gasteiger partial charge in [-0.3, -0.25) is 14.5 Å². The number of carboxylic acid groups (broad SMARTS) is 1. The molecule has 3 aromatic rings. The van der Waals surface area contributed by atoms with E-state index in [-0.39, 0.29) is 18.9 Å². The molecule has 0 aliphatic carbocycles. The standard InChI is InChI=1S/C26H24ClN3O4S2/c1-2-13-34-21-11-10-17(14-20(21)27)24-18(16-30(28-24)19-7-4-3-5-8-19)15-22-25(33)29(26(35)36-22)12-6-9-23(31)32/h3-5,7-8,10-11,14-16H,2,6,9,12-13H2,1H3,(H,31,32). The van der Waals surface area contributed by atoms with Crippen LogP contribution in [-0.4, -0.2) is 49.1 Å². The first-order valence-electron chi connectivity index (χ1n) is 11.4. The van der Waals surface area contributed by atoms with Crippen LogP contribution in [-0.2, 0) is 9.59 Å². The minimum atomic E-state index is -0.904. The molecule has 0 atom stereocenters. The van der Waals surface area contributed by atoms with Crippen molar-refractivity contribution in [1.29, 1.82) is 0 Å². The van der Waals surface area contributed by atoms with Crippen LogP contribution in [0.3, 0.4) is 0 Å². The quantitative estimate of drug-likeness (QED) is 0.247. The van der Waals surface area contributed by atoms with Crippen LogP contribution < -0.4 is 4.74 Å². The van der Waals surface area contributed by atoms with Gasteiger partial charge in [0.2, 0.25) is 0 Å². The fourth-order valence-electron chi connectivity index (χ4n) is 3.63. The monoisotopic (exact) mass is 541 g/mol. The topological polar surface area (TPSA) is 84.7 Å². The van der Waals surface area contributed by atoms with Crippen molar-refractivity contribution in [2.24, 2.45) is 0 Å². The van der Waals surface area contributed by atoms with E-state index < -0.39 is 5.97 Å². The molecule has 0 saturated carbocycles. The molecule has 1 aliphatic heterocycles. The van der Waals surface area contributed by atoms with Gasteiger partial charge in [0.05, 0.1) is 22.2 Å². The number of halogens is 1. The third kappa shape index (κ3) is 5.98. The molecular formula is C26H24ClN3O4S2. The second kappa shape index (κ2) is 11.7. The zero-order valence-electron chi connectivity index (χ0n) is 19.5. The summed E-state index contributed by atoms with van der Waals surface area (Å²) >= 11 is 13.1. The molecule has 2 aromatic carbocycles. The van der Waals surface area contributed by atoms with Gasteiger partial charge in [-0.2, -0.15) is 5.10 Å². The molecule has 1 saturated heterocycles. The van der Waals surface area contributed by atoms with Crippen molar-refractivity contribution in [2.45, 2.75) is 26.2 Å². The smallest absolute Gasteiger partial charge is 0.303 e. The molecule has 186 valence electrons. The first-order valence-corrected chi connectivity index (χ1v) is 13.0. The van der Waals surface area contributed by atoms with Crippen LogP contribution >= 0.6 is 35.6 Å². The van der Waals surface area contributed by atoms with Gasteiger partial charge in [0, 0.05) is 30.3 Å². The van der Waals surface area contributed by atoms with Crippen LogP contribution in [0.25, 0.3) is 23.0 Å². The molecule has 1 aliphatic rings. The summed E-state index contributed by atoms with van der Waals surface area (Å²) < 4.78 is 7.87. The van der Waals surface area contributed by atoms with Crippen LogP contribution in [0.4, 0.5) is 0 Å². The van der Waals surface area contributed by atoms with E-state index in [1.54, 1.807) is 16.8 Å². The third-order valence-corrected chi connectivity index (χ3v) is 7.04. The van der Waals surface area contributed by atoms with Crippen LogP contribution in [0, 0.1) is 0 Å². The molecule has 0 unspecified atom stereocenters. The highest BCUT2D eigenvalue weighted by Gasteiger charge is 2.32. The van der Waals surface area contributed by atoms with Crippen LogP contribution in [0.5, 0.6) is 5.75 Å². The number of carboxylic acids is 1. The van der Waals surface area contributed by atoms with Gasteiger partial charge in [0.15, 0.2) is 0 Å². The molecular weight excluding hydrogens is 518 g/mol. The number of carbonyl (C=O) groups excluding carboxylic acids is 1. The number of thioether (sulfide) groups is 1. The highest BCUT2D eigenvalue weighted by Crippen LogP contribution is 2.36. The Balaban J connectivity index is 1.70. The Morgan fingerprint density at radius 3 is 2.72 bits per heavy atom. The molecule has 0 radical (unpaired) electrons. The fraction of sp³-hybridized carbons (Fsp3) is 0.231. The maximum atomic E-state index is 13.1. The van der Waals surface area contributed by atoms with Crippen molar-refractivity contribution >= 4 is 57.9 Å². The number of thiocarbonyl (C=S) groups is 1. The number of rotatable bonds is 10. The molecule has 36 heavy (non-hydrogen) atoms. The van der Waals surface area contributed by atoms with E-state index in [1.807, 2.05) is 55.6 Å². The van der Waals surface area contributed by atoms with E-state index in [2.05, 4.69) is 0 Å². The number of amides is 1. The summed E-state index contributed by atoms with van der Waals surface area (Å²) in [6.45, 7) is 2.86. The fourth-order valence-corrected chi connectivity index (χ4v) is 5.16. The van der Waals surface area contributed by atoms with E-state index in [9.17, 15) is 9.59 Å². The summed E-state index contributed by atoms with van der Waals surface area (Å²) in [6.07, 6.45) is 4.81. The van der Waals surface area contributed by atoms with E-state index in [1.165, 1.54) is 16.7 Å². The minimum Gasteiger partial charge on any atom is -0.492 e. The van der Waals surface area contributed by atoms with Crippen molar-refractivity contribution in [3.8, 4) is 22.7 Å². The zero-order chi connectivity index (χ0) is 25.7. The molecule has 2 heterocycles. The van der Waals surface area contributed by atoms with E-state index in [0.29, 0.717) is 38.7 Å². The van der Waals surface area contributed by atoms with E-state index >= 15 is 0 Å². The third-order valence-electron chi connectivity index (χ3n) is 5.36. The number of aromatic nitrogens is 2. The summed E-state index contributed by atoms with van der Waals surface area (Å²) in [4.78, 5) is 25.8. The number of nitrogens with zero attached hydrogens (tertiary/aromatic N) is 3. The van der Waals surface area contributed by atoms with Crippen molar-refractivity contribution in [2.75, 3.05) is 13.2 Å². The highest BCUT2D eigenvalue weighted by molar-refractivity contribution is 8.26. The van der Waals surface area contributed by atoms with E-state index in [0.717, 1.165) is 23.2 Å². The van der Waals surface area contributed by atoms with Gasteiger partial charge in [-0.1, -0.05) is 60.7 Å². The van der Waals surface area contributed by atoms with Gasteiger partial charge < -0.3 is 9.84 Å². The van der Waals surface area contributed by atoms with Crippen molar-refractivity contribution in [3.63, 3.8) is 0 Å². The van der Waals surface area contributed by atoms with Crippen molar-refractivity contribution in [1.82, 2.24) is 14.7 Å². The maximum absolute atomic E-state index is 13.1. The lowest BCUT2D eigenvalue weighted by molar-refractivity contribution is -0.137. The number of benzene rings is 2. The predicted molar refractivity (Wildman–Crippen MR) is 147 cm³/mol. The van der Waals surface area contributed by atoms with E-state index in [4.69, 9.17) is 38.8 Å². The molecule has 0 bridgehead atoms. The van der Waals surface area contributed by atoms with Crippen LogP contribution in [0.2, 0.25) is 5.02 Å². The number of aliphatic carboxylic acids is 1. The Morgan fingerprint density at radius 2 is 2.03 bits per heavy atom. The van der Waals surface area contributed by atoms with Gasteiger partial charge in [0.1, 0.15) is 15.8 Å². The zero-order valence-corrected chi connectivity index (χ0v) is 21.9. The summed E-state index contributed by atoms with van der Waals surface area (Å²) in [7, 11) is 0. The summed E-state index contributed by atoms with van der Waals surface area (Å²) in [5.41, 5.74) is 3.03. The van der Waals surface area contributed by atoms with Gasteiger partial charge >= 0.3 is 5.97 Å². The summed E-state index contributed by atoms with van der Waals surface area (Å²) in [6, 6.07) is 15.2. The number of carbonyl (C=O) groups is 2. The Kier molecular flexibility index (Phi) is 8.45. The van der Waals surface area contributed by atoms with Gasteiger partial charge in [-0.25, -0.2) is 4.68 Å². The summed E-state index contributed by atoms with van der Waals surface area (Å²) in [5.74, 6) is -0.539. The average Bonchev–Trinajstić information content (AvgIpc) is 3.40. The number of para-hydroxylation sites is 1. The molecule has 10 heteroatoms. The van der Waals surface area contributed by atoms with Crippen molar-refractivity contribution < 1.29 is 19.4 Å². The largest absolute Gasteiger partial charge is 0.492 e. The SMILES string of the molecule is CCCOc1ccc(-c2nn(-c3ccccc3)cc2C=C2SC(=S)N(CCCC(=O)O)C2=O)cc1Cl. The number of hydrogen-bond donors (Lipinski definition) is 1. The normalized spacial score (nSPS) is 14.6. The van der Waals surface area contributed by atoms with Crippen LogP contribution in [0.1, 0.15) is 31.7 Å².